The molecule has 0 aliphatic carbocycles. The van der Waals surface area contributed by atoms with Crippen LogP contribution in [0.15, 0.2) is 0 Å². The zero-order valence-corrected chi connectivity index (χ0v) is 10.1. The molecular weight excluding hydrogens is 190 g/mol. The molecule has 0 aromatic carbocycles. The molecule has 3 atom stereocenters. The van der Waals surface area contributed by atoms with Crippen LogP contribution in [0.2, 0.25) is 0 Å². The van der Waals surface area contributed by atoms with Crippen LogP contribution in [0.1, 0.15) is 52.9 Å². The van der Waals surface area contributed by atoms with Crippen molar-refractivity contribution in [1.29, 1.82) is 0 Å². The van der Waals surface area contributed by atoms with Gasteiger partial charge in [-0.05, 0) is 39.5 Å². The van der Waals surface area contributed by atoms with Crippen molar-refractivity contribution < 1.29 is 9.90 Å². The molecule has 3 unspecified atom stereocenters. The zero-order chi connectivity index (χ0) is 11.4. The molecule has 0 bridgehead atoms. The molecule has 0 aromatic rings. The Kier molecular flexibility index (Phi) is 4.58. The van der Waals surface area contributed by atoms with E-state index in [2.05, 4.69) is 25.7 Å². The summed E-state index contributed by atoms with van der Waals surface area (Å²) in [5.41, 5.74) is 0. The predicted molar refractivity (Wildman–Crippen MR) is 60.9 cm³/mol. The number of rotatable bonds is 5. The van der Waals surface area contributed by atoms with Gasteiger partial charge in [-0.2, -0.15) is 0 Å². The third kappa shape index (κ3) is 3.20. The summed E-state index contributed by atoms with van der Waals surface area (Å²) in [5.74, 6) is -0.679. The molecule has 1 N–H and O–H groups in total. The topological polar surface area (TPSA) is 40.5 Å². The fourth-order valence-corrected chi connectivity index (χ4v) is 2.78. The third-order valence-corrected chi connectivity index (χ3v) is 3.60. The van der Waals surface area contributed by atoms with Gasteiger partial charge in [-0.25, -0.2) is 0 Å². The number of carbonyl (C=O) groups is 1. The SMILES string of the molecule is CCC1CCC(C)N1C(C)CCC(=O)O. The molecule has 0 amide bonds. The van der Waals surface area contributed by atoms with E-state index in [1.165, 1.54) is 19.3 Å². The van der Waals surface area contributed by atoms with Gasteiger partial charge in [-0.1, -0.05) is 6.92 Å². The minimum Gasteiger partial charge on any atom is -0.481 e. The summed E-state index contributed by atoms with van der Waals surface area (Å²) in [6.07, 6.45) is 4.78. The molecule has 3 nitrogen and oxygen atoms in total. The molecular formula is C12H23NO2. The van der Waals surface area contributed by atoms with Gasteiger partial charge in [0.25, 0.3) is 0 Å². The van der Waals surface area contributed by atoms with E-state index in [4.69, 9.17) is 5.11 Å². The van der Waals surface area contributed by atoms with Crippen LogP contribution in [0.4, 0.5) is 0 Å². The van der Waals surface area contributed by atoms with Crippen molar-refractivity contribution in [2.45, 2.75) is 71.0 Å². The zero-order valence-electron chi connectivity index (χ0n) is 10.1. The van der Waals surface area contributed by atoms with E-state index in [9.17, 15) is 4.79 Å². The van der Waals surface area contributed by atoms with Gasteiger partial charge in [0.15, 0.2) is 0 Å². The van der Waals surface area contributed by atoms with E-state index < -0.39 is 5.97 Å². The first kappa shape index (κ1) is 12.5. The van der Waals surface area contributed by atoms with E-state index in [1.54, 1.807) is 0 Å². The van der Waals surface area contributed by atoms with Gasteiger partial charge < -0.3 is 5.11 Å². The molecule has 0 radical (unpaired) electrons. The van der Waals surface area contributed by atoms with Crippen LogP contribution >= 0.6 is 0 Å². The monoisotopic (exact) mass is 213 g/mol. The summed E-state index contributed by atoms with van der Waals surface area (Å²) >= 11 is 0. The first-order valence-corrected chi connectivity index (χ1v) is 6.05. The first-order valence-electron chi connectivity index (χ1n) is 6.05. The van der Waals surface area contributed by atoms with Gasteiger partial charge in [-0.3, -0.25) is 9.69 Å². The summed E-state index contributed by atoms with van der Waals surface area (Å²) in [6.45, 7) is 6.64. The Bertz CT molecular complexity index is 218. The fraction of sp³-hybridized carbons (Fsp3) is 0.917. The molecule has 0 saturated carbocycles. The van der Waals surface area contributed by atoms with E-state index >= 15 is 0 Å². The molecule has 15 heavy (non-hydrogen) atoms. The van der Waals surface area contributed by atoms with Crippen LogP contribution in [0.3, 0.4) is 0 Å². The maximum absolute atomic E-state index is 10.5. The minimum absolute atomic E-state index is 0.292. The molecule has 1 aliphatic heterocycles. The van der Waals surface area contributed by atoms with Gasteiger partial charge in [0, 0.05) is 24.5 Å². The van der Waals surface area contributed by atoms with Crippen molar-refractivity contribution in [3.05, 3.63) is 0 Å². The summed E-state index contributed by atoms with van der Waals surface area (Å²) < 4.78 is 0. The van der Waals surface area contributed by atoms with Crippen LogP contribution in [0, 0.1) is 0 Å². The fourth-order valence-electron chi connectivity index (χ4n) is 2.78. The highest BCUT2D eigenvalue weighted by Crippen LogP contribution is 2.29. The number of carboxylic acid groups (broad SMARTS) is 1. The average Bonchev–Trinajstić information content (AvgIpc) is 2.56. The lowest BCUT2D eigenvalue weighted by Crippen LogP contribution is -2.41. The number of nitrogens with zero attached hydrogens (tertiary/aromatic N) is 1. The maximum atomic E-state index is 10.5. The molecule has 0 spiro atoms. The second kappa shape index (κ2) is 5.50. The lowest BCUT2D eigenvalue weighted by molar-refractivity contribution is -0.137. The van der Waals surface area contributed by atoms with Crippen molar-refractivity contribution in [2.75, 3.05) is 0 Å². The Morgan fingerprint density at radius 1 is 1.53 bits per heavy atom. The Morgan fingerprint density at radius 2 is 2.20 bits per heavy atom. The molecule has 1 heterocycles. The highest BCUT2D eigenvalue weighted by Gasteiger charge is 2.32. The van der Waals surface area contributed by atoms with Gasteiger partial charge in [0.2, 0.25) is 0 Å². The molecule has 88 valence electrons. The largest absolute Gasteiger partial charge is 0.481 e. The quantitative estimate of drug-likeness (QED) is 0.762. The summed E-state index contributed by atoms with van der Waals surface area (Å²) in [4.78, 5) is 13.0. The van der Waals surface area contributed by atoms with Crippen molar-refractivity contribution in [1.82, 2.24) is 4.90 Å². The second-order valence-electron chi connectivity index (χ2n) is 4.72. The third-order valence-electron chi connectivity index (χ3n) is 3.60. The van der Waals surface area contributed by atoms with E-state index in [0.29, 0.717) is 24.5 Å². The van der Waals surface area contributed by atoms with Crippen LogP contribution in [0.25, 0.3) is 0 Å². The van der Waals surface area contributed by atoms with Crippen molar-refractivity contribution in [3.8, 4) is 0 Å². The smallest absolute Gasteiger partial charge is 0.303 e. The Hall–Kier alpha value is -0.570. The summed E-state index contributed by atoms with van der Waals surface area (Å²) in [5, 5.41) is 8.68. The van der Waals surface area contributed by atoms with Gasteiger partial charge >= 0.3 is 5.97 Å². The van der Waals surface area contributed by atoms with E-state index in [-0.39, 0.29) is 0 Å². The van der Waals surface area contributed by atoms with Crippen molar-refractivity contribution in [3.63, 3.8) is 0 Å². The van der Waals surface area contributed by atoms with Crippen LogP contribution in [-0.4, -0.2) is 34.1 Å². The number of hydrogen-bond acceptors (Lipinski definition) is 2. The van der Waals surface area contributed by atoms with E-state index in [0.717, 1.165) is 6.42 Å². The molecule has 1 aliphatic rings. The molecule has 0 aromatic heterocycles. The van der Waals surface area contributed by atoms with E-state index in [1.807, 2.05) is 0 Å². The Balaban J connectivity index is 2.48. The number of likely N-dealkylation sites (tertiary alicyclic amines) is 1. The van der Waals surface area contributed by atoms with Gasteiger partial charge in [0.05, 0.1) is 0 Å². The first-order chi connectivity index (χ1) is 7.06. The van der Waals surface area contributed by atoms with Crippen molar-refractivity contribution >= 4 is 5.97 Å². The molecule has 1 fully saturated rings. The molecule has 1 saturated heterocycles. The van der Waals surface area contributed by atoms with Crippen LogP contribution in [-0.2, 0) is 4.79 Å². The van der Waals surface area contributed by atoms with Crippen molar-refractivity contribution in [2.24, 2.45) is 0 Å². The molecule has 3 heteroatoms. The van der Waals surface area contributed by atoms with Gasteiger partial charge in [0.1, 0.15) is 0 Å². The Labute approximate surface area is 92.5 Å². The van der Waals surface area contributed by atoms with Crippen LogP contribution < -0.4 is 0 Å². The number of hydrogen-bond donors (Lipinski definition) is 1. The van der Waals surface area contributed by atoms with Gasteiger partial charge in [-0.15, -0.1) is 0 Å². The highest BCUT2D eigenvalue weighted by atomic mass is 16.4. The highest BCUT2D eigenvalue weighted by molar-refractivity contribution is 5.66. The molecule has 1 rings (SSSR count). The average molecular weight is 213 g/mol. The summed E-state index contributed by atoms with van der Waals surface area (Å²) in [7, 11) is 0. The van der Waals surface area contributed by atoms with Crippen LogP contribution in [0.5, 0.6) is 0 Å². The minimum atomic E-state index is -0.679. The number of aliphatic carboxylic acids is 1. The Morgan fingerprint density at radius 3 is 2.73 bits per heavy atom. The standard InChI is InChI=1S/C12H23NO2/c1-4-11-7-5-9(2)13(11)10(3)6-8-12(14)15/h9-11H,4-8H2,1-3H3,(H,14,15). The maximum Gasteiger partial charge on any atom is 0.303 e. The number of carboxylic acids is 1. The lowest BCUT2D eigenvalue weighted by Gasteiger charge is -2.33. The lowest BCUT2D eigenvalue weighted by atomic mass is 10.1. The second-order valence-corrected chi connectivity index (χ2v) is 4.72. The normalized spacial score (nSPS) is 29.3. The predicted octanol–water partition coefficient (Wildman–Crippen LogP) is 2.50. The summed E-state index contributed by atoms with van der Waals surface area (Å²) in [6, 6.07) is 1.70.